The minimum absolute atomic E-state index is 0.0433. The number of nitro benzene ring substituents is 1. The molecule has 2 rings (SSSR count). The second-order valence-corrected chi connectivity index (χ2v) is 14.4. The fourth-order valence-corrected chi connectivity index (χ4v) is 4.39. The highest BCUT2D eigenvalue weighted by atomic mass is 28.4. The lowest BCUT2D eigenvalue weighted by Crippen LogP contribution is -2.41. The molecule has 1 heterocycles. The Bertz CT molecular complexity index is 776. The van der Waals surface area contributed by atoms with E-state index in [0.29, 0.717) is 31.7 Å². The van der Waals surface area contributed by atoms with E-state index in [9.17, 15) is 14.9 Å². The van der Waals surface area contributed by atoms with Crippen molar-refractivity contribution in [1.29, 1.82) is 0 Å². The lowest BCUT2D eigenvalue weighted by Gasteiger charge is -2.36. The van der Waals surface area contributed by atoms with Crippen LogP contribution in [0.5, 0.6) is 0 Å². The van der Waals surface area contributed by atoms with E-state index in [2.05, 4.69) is 39.2 Å². The third-order valence-electron chi connectivity index (χ3n) is 6.66. The van der Waals surface area contributed by atoms with Gasteiger partial charge in [-0.15, -0.1) is 0 Å². The zero-order chi connectivity index (χ0) is 22.0. The van der Waals surface area contributed by atoms with E-state index in [0.717, 1.165) is 12.0 Å². The highest BCUT2D eigenvalue weighted by Gasteiger charge is 2.41. The Hall–Kier alpha value is -1.93. The SMILES string of the molecule is CN1C(=O)CCC1(C)c1ccc(NCCCO[Si](C)(C)C(C)(C)C)c([N+](=O)[O-])c1. The zero-order valence-electron chi connectivity index (χ0n) is 18.8. The molecule has 1 unspecified atom stereocenters. The number of carbonyl (C=O) groups is 1. The maximum Gasteiger partial charge on any atom is 0.292 e. The second kappa shape index (κ2) is 8.43. The fraction of sp³-hybridized carbons (Fsp3) is 0.667. The lowest BCUT2D eigenvalue weighted by atomic mass is 9.89. The van der Waals surface area contributed by atoms with Crippen LogP contribution in [0.25, 0.3) is 0 Å². The molecule has 0 radical (unpaired) electrons. The molecule has 0 saturated carbocycles. The molecule has 1 saturated heterocycles. The van der Waals surface area contributed by atoms with Crippen LogP contribution in [0.4, 0.5) is 11.4 Å². The first-order valence-electron chi connectivity index (χ1n) is 10.2. The van der Waals surface area contributed by atoms with Gasteiger partial charge in [-0.05, 0) is 49.5 Å². The van der Waals surface area contributed by atoms with Gasteiger partial charge in [-0.3, -0.25) is 14.9 Å². The highest BCUT2D eigenvalue weighted by molar-refractivity contribution is 6.74. The average Bonchev–Trinajstić information content (AvgIpc) is 2.89. The standard InChI is InChI=1S/C21H35N3O4Si/c1-20(2,3)29(6,7)28-14-8-13-22-17-10-9-16(15-18(17)24(26)27)21(4)12-11-19(25)23(21)5/h9-10,15,22H,8,11-14H2,1-7H3. The van der Waals surface area contributed by atoms with Crippen molar-refractivity contribution in [3.63, 3.8) is 0 Å². The predicted molar refractivity (Wildman–Crippen MR) is 119 cm³/mol. The maximum absolute atomic E-state index is 12.0. The molecule has 8 heteroatoms. The molecule has 162 valence electrons. The number of nitrogens with zero attached hydrogens (tertiary/aromatic N) is 2. The lowest BCUT2D eigenvalue weighted by molar-refractivity contribution is -0.384. The van der Waals surface area contributed by atoms with Crippen molar-refractivity contribution in [3.05, 3.63) is 33.9 Å². The summed E-state index contributed by atoms with van der Waals surface area (Å²) in [5.74, 6) is 0.0686. The van der Waals surface area contributed by atoms with E-state index in [1.165, 1.54) is 0 Å². The Morgan fingerprint density at radius 3 is 2.52 bits per heavy atom. The normalized spacial score (nSPS) is 20.2. The summed E-state index contributed by atoms with van der Waals surface area (Å²) in [6.07, 6.45) is 1.91. The quantitative estimate of drug-likeness (QED) is 0.280. The van der Waals surface area contributed by atoms with Crippen LogP contribution in [0.15, 0.2) is 18.2 Å². The van der Waals surface area contributed by atoms with Crippen LogP contribution in [0.2, 0.25) is 18.1 Å². The molecule has 0 aliphatic carbocycles. The van der Waals surface area contributed by atoms with Gasteiger partial charge in [0.2, 0.25) is 5.91 Å². The van der Waals surface area contributed by atoms with E-state index >= 15 is 0 Å². The largest absolute Gasteiger partial charge is 0.417 e. The first-order valence-corrected chi connectivity index (χ1v) is 13.1. The summed E-state index contributed by atoms with van der Waals surface area (Å²) in [7, 11) is -0.0147. The number of hydrogen-bond acceptors (Lipinski definition) is 5. The Morgan fingerprint density at radius 1 is 1.34 bits per heavy atom. The number of carbonyl (C=O) groups excluding carboxylic acids is 1. The molecule has 1 atom stereocenters. The summed E-state index contributed by atoms with van der Waals surface area (Å²) in [5.41, 5.74) is 0.838. The molecule has 0 aromatic heterocycles. The van der Waals surface area contributed by atoms with E-state index in [-0.39, 0.29) is 21.6 Å². The topological polar surface area (TPSA) is 84.7 Å². The third kappa shape index (κ3) is 4.98. The first kappa shape index (κ1) is 23.3. The molecule has 1 amide bonds. The minimum atomic E-state index is -1.77. The van der Waals surface area contributed by atoms with Crippen LogP contribution in [-0.4, -0.2) is 44.2 Å². The molecule has 29 heavy (non-hydrogen) atoms. The third-order valence-corrected chi connectivity index (χ3v) is 11.2. The minimum Gasteiger partial charge on any atom is -0.417 e. The van der Waals surface area contributed by atoms with Crippen molar-refractivity contribution >= 4 is 25.6 Å². The van der Waals surface area contributed by atoms with Crippen LogP contribution in [0.1, 0.15) is 52.5 Å². The zero-order valence-corrected chi connectivity index (χ0v) is 19.8. The summed E-state index contributed by atoms with van der Waals surface area (Å²) < 4.78 is 6.16. The molecule has 0 bridgehead atoms. The Kier molecular flexibility index (Phi) is 6.79. The molecule has 1 aliphatic rings. The van der Waals surface area contributed by atoms with Crippen molar-refractivity contribution in [2.75, 3.05) is 25.5 Å². The summed E-state index contributed by atoms with van der Waals surface area (Å²) in [4.78, 5) is 24.9. The number of rotatable bonds is 8. The molecule has 1 aromatic rings. The molecular formula is C21H35N3O4Si. The number of benzene rings is 1. The van der Waals surface area contributed by atoms with Gasteiger partial charge >= 0.3 is 0 Å². The van der Waals surface area contributed by atoms with Crippen LogP contribution in [0.3, 0.4) is 0 Å². The van der Waals surface area contributed by atoms with Crippen LogP contribution >= 0.6 is 0 Å². The summed E-state index contributed by atoms with van der Waals surface area (Å²) in [6.45, 7) is 14.3. The van der Waals surface area contributed by atoms with Gasteiger partial charge in [0, 0.05) is 32.7 Å². The summed E-state index contributed by atoms with van der Waals surface area (Å²) in [6, 6.07) is 5.24. The average molecular weight is 422 g/mol. The van der Waals surface area contributed by atoms with Gasteiger partial charge in [-0.1, -0.05) is 26.8 Å². The molecule has 1 aromatic carbocycles. The number of nitrogens with one attached hydrogen (secondary N) is 1. The van der Waals surface area contributed by atoms with Gasteiger partial charge in [-0.25, -0.2) is 0 Å². The Balaban J connectivity index is 2.03. The number of amides is 1. The molecule has 1 fully saturated rings. The van der Waals surface area contributed by atoms with Crippen LogP contribution in [-0.2, 0) is 14.8 Å². The van der Waals surface area contributed by atoms with Crippen LogP contribution in [0, 0.1) is 10.1 Å². The summed E-state index contributed by atoms with van der Waals surface area (Å²) >= 11 is 0. The van der Waals surface area contributed by atoms with Crippen LogP contribution < -0.4 is 5.32 Å². The van der Waals surface area contributed by atoms with Crippen molar-refractivity contribution < 1.29 is 14.1 Å². The van der Waals surface area contributed by atoms with Gasteiger partial charge < -0.3 is 14.6 Å². The monoisotopic (exact) mass is 421 g/mol. The number of nitro groups is 1. The molecule has 0 spiro atoms. The van der Waals surface area contributed by atoms with Crippen molar-refractivity contribution in [2.24, 2.45) is 0 Å². The number of anilines is 1. The second-order valence-electron chi connectivity index (χ2n) is 9.60. The smallest absolute Gasteiger partial charge is 0.292 e. The van der Waals surface area contributed by atoms with Gasteiger partial charge in [-0.2, -0.15) is 0 Å². The number of hydrogen-bond donors (Lipinski definition) is 1. The van der Waals surface area contributed by atoms with Gasteiger partial charge in [0.15, 0.2) is 8.32 Å². The maximum atomic E-state index is 12.0. The van der Waals surface area contributed by atoms with Gasteiger partial charge in [0.25, 0.3) is 5.69 Å². The van der Waals surface area contributed by atoms with E-state index < -0.39 is 13.9 Å². The van der Waals surface area contributed by atoms with Crippen molar-refractivity contribution in [3.8, 4) is 0 Å². The Morgan fingerprint density at radius 2 is 2.00 bits per heavy atom. The van der Waals surface area contributed by atoms with Crippen molar-refractivity contribution in [1.82, 2.24) is 4.90 Å². The Labute approximate surface area is 175 Å². The molecular weight excluding hydrogens is 386 g/mol. The molecule has 1 N–H and O–H groups in total. The fourth-order valence-electron chi connectivity index (χ4n) is 3.31. The number of likely N-dealkylation sites (tertiary alicyclic amines) is 1. The molecule has 1 aliphatic heterocycles. The highest BCUT2D eigenvalue weighted by Crippen LogP contribution is 2.40. The van der Waals surface area contributed by atoms with E-state index in [1.54, 1.807) is 24.1 Å². The van der Waals surface area contributed by atoms with Gasteiger partial charge in [0.1, 0.15) is 5.69 Å². The molecule has 7 nitrogen and oxygen atoms in total. The predicted octanol–water partition coefficient (Wildman–Crippen LogP) is 4.89. The van der Waals surface area contributed by atoms with Gasteiger partial charge in [0.05, 0.1) is 10.5 Å². The van der Waals surface area contributed by atoms with E-state index in [4.69, 9.17) is 4.43 Å². The van der Waals surface area contributed by atoms with Crippen molar-refractivity contribution in [2.45, 2.75) is 70.6 Å². The van der Waals surface area contributed by atoms with E-state index in [1.807, 2.05) is 13.0 Å². The summed E-state index contributed by atoms with van der Waals surface area (Å²) in [5, 5.41) is 15.0. The first-order chi connectivity index (χ1) is 13.3.